The lowest BCUT2D eigenvalue weighted by atomic mass is 10.4. The van der Waals surface area contributed by atoms with Crippen LogP contribution in [0.1, 0.15) is 19.3 Å². The van der Waals surface area contributed by atoms with Crippen molar-refractivity contribution in [2.24, 2.45) is 0 Å². The van der Waals surface area contributed by atoms with Crippen molar-refractivity contribution in [2.75, 3.05) is 52.9 Å². The molecule has 0 radical (unpaired) electrons. The summed E-state index contributed by atoms with van der Waals surface area (Å²) in [4.78, 5) is 21.8. The van der Waals surface area contributed by atoms with Gasteiger partial charge in [0.05, 0.1) is 26.4 Å². The van der Waals surface area contributed by atoms with Crippen molar-refractivity contribution in [2.45, 2.75) is 25.4 Å². The van der Waals surface area contributed by atoms with Gasteiger partial charge in [-0.25, -0.2) is 9.59 Å². The van der Waals surface area contributed by atoms with Crippen molar-refractivity contribution < 1.29 is 38.4 Å². The minimum atomic E-state index is -0.456. The van der Waals surface area contributed by atoms with Gasteiger partial charge in [-0.2, -0.15) is 0 Å². The Kier molecular flexibility index (Phi) is 16.9. The zero-order valence-electron chi connectivity index (χ0n) is 15.2. The molecule has 1 N–H and O–H groups in total. The normalized spacial score (nSPS) is 10.5. The van der Waals surface area contributed by atoms with E-state index in [2.05, 4.69) is 13.2 Å². The molecule has 0 aliphatic heterocycles. The predicted molar refractivity (Wildman–Crippen MR) is 94.6 cm³/mol. The highest BCUT2D eigenvalue weighted by Gasteiger charge is 2.10. The molecule has 0 unspecified atom stereocenters. The van der Waals surface area contributed by atoms with E-state index in [1.165, 1.54) is 0 Å². The van der Waals surface area contributed by atoms with Crippen LogP contribution in [0.3, 0.4) is 0 Å². The Morgan fingerprint density at radius 2 is 1.31 bits per heavy atom. The van der Waals surface area contributed by atoms with Crippen LogP contribution in [0, 0.1) is 0 Å². The van der Waals surface area contributed by atoms with E-state index in [0.717, 1.165) is 12.2 Å². The number of hydrogen-bond acceptors (Lipinski definition) is 8. The van der Waals surface area contributed by atoms with Crippen molar-refractivity contribution >= 4 is 11.9 Å². The molecular formula is C18H30O8. The Balaban J connectivity index is 3.82. The summed E-state index contributed by atoms with van der Waals surface area (Å²) in [6.45, 7) is 9.10. The van der Waals surface area contributed by atoms with Gasteiger partial charge in [0.25, 0.3) is 0 Å². The lowest BCUT2D eigenvalue weighted by molar-refractivity contribution is -0.139. The molecule has 0 spiro atoms. The van der Waals surface area contributed by atoms with E-state index in [1.54, 1.807) is 0 Å². The van der Waals surface area contributed by atoms with Crippen LogP contribution in [0.5, 0.6) is 0 Å². The Bertz CT molecular complexity index is 365. The van der Waals surface area contributed by atoms with E-state index in [0.29, 0.717) is 52.3 Å². The third kappa shape index (κ3) is 15.8. The van der Waals surface area contributed by atoms with Gasteiger partial charge in [0.1, 0.15) is 6.10 Å². The van der Waals surface area contributed by atoms with Crippen LogP contribution in [-0.4, -0.2) is 76.0 Å². The fraction of sp³-hybridized carbons (Fsp3) is 0.667. The molecule has 0 aliphatic carbocycles. The van der Waals surface area contributed by atoms with Crippen LogP contribution in [0.2, 0.25) is 0 Å². The SMILES string of the molecule is C=CC(=O)OCCCOCC(COCCCOC(=O)C=C)OCCCO. The van der Waals surface area contributed by atoms with Crippen LogP contribution in [-0.2, 0) is 33.3 Å². The van der Waals surface area contributed by atoms with Crippen molar-refractivity contribution in [1.82, 2.24) is 0 Å². The predicted octanol–water partition coefficient (Wildman–Crippen LogP) is 1.03. The van der Waals surface area contributed by atoms with Gasteiger partial charge in [0, 0.05) is 51.4 Å². The molecule has 8 nitrogen and oxygen atoms in total. The third-order valence-corrected chi connectivity index (χ3v) is 2.95. The fourth-order valence-electron chi connectivity index (χ4n) is 1.67. The van der Waals surface area contributed by atoms with Gasteiger partial charge in [-0.05, 0) is 6.42 Å². The Morgan fingerprint density at radius 3 is 1.73 bits per heavy atom. The number of rotatable bonds is 18. The van der Waals surface area contributed by atoms with E-state index in [1.807, 2.05) is 0 Å². The molecule has 0 saturated carbocycles. The number of aliphatic hydroxyl groups is 1. The van der Waals surface area contributed by atoms with E-state index in [4.69, 9.17) is 28.8 Å². The first kappa shape index (κ1) is 24.3. The summed E-state index contributed by atoms with van der Waals surface area (Å²) in [5.41, 5.74) is 0. The highest BCUT2D eigenvalue weighted by molar-refractivity contribution is 5.81. The molecule has 26 heavy (non-hydrogen) atoms. The molecular weight excluding hydrogens is 344 g/mol. The zero-order valence-corrected chi connectivity index (χ0v) is 15.2. The van der Waals surface area contributed by atoms with Crippen LogP contribution in [0.4, 0.5) is 0 Å². The average Bonchev–Trinajstić information content (AvgIpc) is 2.66. The summed E-state index contributed by atoms with van der Waals surface area (Å²) in [6.07, 6.45) is 3.62. The van der Waals surface area contributed by atoms with Crippen LogP contribution >= 0.6 is 0 Å². The average molecular weight is 374 g/mol. The number of esters is 2. The van der Waals surface area contributed by atoms with Crippen molar-refractivity contribution in [3.63, 3.8) is 0 Å². The molecule has 0 rings (SSSR count). The second-order valence-corrected chi connectivity index (χ2v) is 5.17. The van der Waals surface area contributed by atoms with E-state index in [-0.39, 0.29) is 25.9 Å². The maximum absolute atomic E-state index is 10.9. The third-order valence-electron chi connectivity index (χ3n) is 2.95. The molecule has 0 aliphatic rings. The first-order valence-electron chi connectivity index (χ1n) is 8.60. The highest BCUT2D eigenvalue weighted by atomic mass is 16.6. The van der Waals surface area contributed by atoms with Crippen molar-refractivity contribution in [3.05, 3.63) is 25.3 Å². The molecule has 0 aromatic carbocycles. The van der Waals surface area contributed by atoms with E-state index >= 15 is 0 Å². The quantitative estimate of drug-likeness (QED) is 0.216. The Hall–Kier alpha value is -1.74. The van der Waals surface area contributed by atoms with Crippen LogP contribution in [0.15, 0.2) is 25.3 Å². The summed E-state index contributed by atoms with van der Waals surface area (Å²) >= 11 is 0. The lowest BCUT2D eigenvalue weighted by Gasteiger charge is -2.18. The maximum Gasteiger partial charge on any atom is 0.330 e. The molecule has 8 heteroatoms. The lowest BCUT2D eigenvalue weighted by Crippen LogP contribution is -2.27. The minimum absolute atomic E-state index is 0.0533. The number of hydrogen-bond donors (Lipinski definition) is 1. The Morgan fingerprint density at radius 1 is 0.808 bits per heavy atom. The van der Waals surface area contributed by atoms with Gasteiger partial charge in [-0.1, -0.05) is 13.2 Å². The maximum atomic E-state index is 10.9. The molecule has 0 aromatic rings. The van der Waals surface area contributed by atoms with Gasteiger partial charge in [-0.3, -0.25) is 0 Å². The standard InChI is InChI=1S/C18H30O8/c1-3-17(20)25-12-6-9-22-14-16(24-11-5-8-19)15-23-10-7-13-26-18(21)4-2/h3-4,16,19H,1-2,5-15H2. The fourth-order valence-corrected chi connectivity index (χ4v) is 1.67. The van der Waals surface area contributed by atoms with Gasteiger partial charge >= 0.3 is 11.9 Å². The number of aliphatic hydroxyl groups excluding tert-OH is 1. The molecule has 0 aromatic heterocycles. The molecule has 0 amide bonds. The van der Waals surface area contributed by atoms with Gasteiger partial charge in [0.2, 0.25) is 0 Å². The van der Waals surface area contributed by atoms with E-state index in [9.17, 15) is 9.59 Å². The summed E-state index contributed by atoms with van der Waals surface area (Å²) in [5.74, 6) is -0.912. The number of ether oxygens (including phenoxy) is 5. The van der Waals surface area contributed by atoms with Gasteiger partial charge in [0.15, 0.2) is 0 Å². The van der Waals surface area contributed by atoms with Gasteiger partial charge < -0.3 is 28.8 Å². The monoisotopic (exact) mass is 374 g/mol. The topological polar surface area (TPSA) is 101 Å². The zero-order chi connectivity index (χ0) is 19.5. The van der Waals surface area contributed by atoms with Crippen LogP contribution in [0.25, 0.3) is 0 Å². The van der Waals surface area contributed by atoms with Crippen molar-refractivity contribution in [3.8, 4) is 0 Å². The number of carbonyl (C=O) groups is 2. The molecule has 0 atom stereocenters. The summed E-state index contributed by atoms with van der Waals surface area (Å²) in [5, 5.41) is 8.82. The first-order valence-corrected chi connectivity index (χ1v) is 8.60. The second-order valence-electron chi connectivity index (χ2n) is 5.17. The Labute approximate surface area is 154 Å². The smallest absolute Gasteiger partial charge is 0.330 e. The minimum Gasteiger partial charge on any atom is -0.462 e. The largest absolute Gasteiger partial charge is 0.462 e. The van der Waals surface area contributed by atoms with Crippen LogP contribution < -0.4 is 0 Å². The first-order chi connectivity index (χ1) is 12.6. The number of carbonyl (C=O) groups excluding carboxylic acids is 2. The molecule has 0 saturated heterocycles. The van der Waals surface area contributed by atoms with E-state index < -0.39 is 11.9 Å². The van der Waals surface area contributed by atoms with Crippen molar-refractivity contribution in [1.29, 1.82) is 0 Å². The summed E-state index contributed by atoms with van der Waals surface area (Å²) in [6, 6.07) is 0. The molecule has 150 valence electrons. The molecule has 0 fully saturated rings. The van der Waals surface area contributed by atoms with Gasteiger partial charge in [-0.15, -0.1) is 0 Å². The molecule has 0 bridgehead atoms. The second kappa shape index (κ2) is 18.1. The highest BCUT2D eigenvalue weighted by Crippen LogP contribution is 1.99. The molecule has 0 heterocycles. The summed E-state index contributed by atoms with van der Waals surface area (Å²) < 4.78 is 26.3. The summed E-state index contributed by atoms with van der Waals surface area (Å²) in [7, 11) is 0.